The molecular formula is C67H138N2O6P+. The molecule has 0 aromatic heterocycles. The lowest BCUT2D eigenvalue weighted by Crippen LogP contribution is -2.46. The zero-order valence-electron chi connectivity index (χ0n) is 52.3. The fourth-order valence-electron chi connectivity index (χ4n) is 11.0. The molecule has 0 saturated heterocycles. The third-order valence-electron chi connectivity index (χ3n) is 16.4. The molecule has 76 heavy (non-hydrogen) atoms. The van der Waals surface area contributed by atoms with E-state index in [9.17, 15) is 19.4 Å². The van der Waals surface area contributed by atoms with E-state index < -0.39 is 20.0 Å². The summed E-state index contributed by atoms with van der Waals surface area (Å²) in [5.74, 6) is -0.133. The van der Waals surface area contributed by atoms with Crippen molar-refractivity contribution in [2.45, 2.75) is 386 Å². The summed E-state index contributed by atoms with van der Waals surface area (Å²) in [6.45, 7) is 4.97. The van der Waals surface area contributed by atoms with Crippen LogP contribution >= 0.6 is 7.82 Å². The van der Waals surface area contributed by atoms with Gasteiger partial charge in [0.1, 0.15) is 13.2 Å². The molecule has 0 spiro atoms. The molecule has 0 saturated carbocycles. The number of carbonyl (C=O) groups excluding carboxylic acids is 1. The Labute approximate surface area is 476 Å². The number of nitrogens with one attached hydrogen (secondary N) is 1. The van der Waals surface area contributed by atoms with Gasteiger partial charge in [0.05, 0.1) is 39.9 Å². The van der Waals surface area contributed by atoms with Crippen LogP contribution in [0, 0.1) is 0 Å². The number of rotatable bonds is 65. The van der Waals surface area contributed by atoms with E-state index in [1.807, 2.05) is 21.1 Å². The van der Waals surface area contributed by atoms with E-state index in [4.69, 9.17) is 9.05 Å². The van der Waals surface area contributed by atoms with Gasteiger partial charge in [0.2, 0.25) is 5.91 Å². The molecule has 0 aliphatic heterocycles. The molecule has 3 N–H and O–H groups in total. The number of hydrogen-bond acceptors (Lipinski definition) is 5. The average Bonchev–Trinajstić information content (AvgIpc) is 3.38. The normalized spacial score (nSPS) is 13.6. The van der Waals surface area contributed by atoms with Crippen molar-refractivity contribution in [2.75, 3.05) is 40.9 Å². The van der Waals surface area contributed by atoms with Gasteiger partial charge in [-0.1, -0.05) is 354 Å². The summed E-state index contributed by atoms with van der Waals surface area (Å²) in [7, 11) is 1.64. The Balaban J connectivity index is 3.99. The molecule has 0 rings (SSSR count). The van der Waals surface area contributed by atoms with Crippen molar-refractivity contribution < 1.29 is 32.9 Å². The van der Waals surface area contributed by atoms with E-state index >= 15 is 0 Å². The van der Waals surface area contributed by atoms with Crippen molar-refractivity contribution in [1.82, 2.24) is 5.32 Å². The van der Waals surface area contributed by atoms with E-state index in [-0.39, 0.29) is 19.1 Å². The zero-order chi connectivity index (χ0) is 55.6. The number of nitrogens with zero attached hydrogens (tertiary/aromatic N) is 1. The van der Waals surface area contributed by atoms with Crippen molar-refractivity contribution in [3.8, 4) is 0 Å². The highest BCUT2D eigenvalue weighted by Gasteiger charge is 2.28. The second kappa shape index (κ2) is 59.1. The molecule has 3 atom stereocenters. The number of phosphoric ester groups is 1. The quantitative estimate of drug-likeness (QED) is 0.0318. The minimum Gasteiger partial charge on any atom is -0.391 e. The number of quaternary nitrogens is 1. The van der Waals surface area contributed by atoms with Crippen LogP contribution in [0.1, 0.15) is 373 Å². The lowest BCUT2D eigenvalue weighted by molar-refractivity contribution is -0.870. The number of amides is 1. The molecule has 0 aliphatic rings. The topological polar surface area (TPSA) is 105 Å². The van der Waals surface area contributed by atoms with Crippen LogP contribution in [0.5, 0.6) is 0 Å². The van der Waals surface area contributed by atoms with Gasteiger partial charge in [-0.05, 0) is 12.8 Å². The Morgan fingerprint density at radius 1 is 0.395 bits per heavy atom. The van der Waals surface area contributed by atoms with Gasteiger partial charge in [0.15, 0.2) is 0 Å². The molecule has 0 aromatic rings. The van der Waals surface area contributed by atoms with Crippen molar-refractivity contribution in [1.29, 1.82) is 0 Å². The van der Waals surface area contributed by atoms with Gasteiger partial charge >= 0.3 is 7.82 Å². The van der Waals surface area contributed by atoms with Gasteiger partial charge in [-0.25, -0.2) is 4.57 Å². The number of hydrogen-bond donors (Lipinski definition) is 3. The van der Waals surface area contributed by atoms with Crippen molar-refractivity contribution in [3.63, 3.8) is 0 Å². The zero-order valence-corrected chi connectivity index (χ0v) is 53.2. The van der Waals surface area contributed by atoms with Crippen LogP contribution in [0.15, 0.2) is 0 Å². The second-order valence-corrected chi connectivity index (χ2v) is 26.7. The maximum atomic E-state index is 13.1. The minimum absolute atomic E-state index is 0.0795. The van der Waals surface area contributed by atoms with Gasteiger partial charge in [-0.15, -0.1) is 0 Å². The number of aliphatic hydroxyl groups excluding tert-OH is 1. The summed E-state index contributed by atoms with van der Waals surface area (Å²) in [4.78, 5) is 23.4. The Kier molecular flexibility index (Phi) is 58.7. The predicted molar refractivity (Wildman–Crippen MR) is 332 cm³/mol. The molecule has 3 unspecified atom stereocenters. The molecule has 0 fully saturated rings. The van der Waals surface area contributed by atoms with Crippen molar-refractivity contribution in [3.05, 3.63) is 0 Å². The molecule has 9 heteroatoms. The van der Waals surface area contributed by atoms with Crippen LogP contribution in [0.25, 0.3) is 0 Å². The second-order valence-electron chi connectivity index (χ2n) is 25.3. The Morgan fingerprint density at radius 3 is 0.882 bits per heavy atom. The van der Waals surface area contributed by atoms with Gasteiger partial charge in [0.25, 0.3) is 0 Å². The van der Waals surface area contributed by atoms with Crippen molar-refractivity contribution in [2.24, 2.45) is 0 Å². The van der Waals surface area contributed by atoms with Crippen LogP contribution in [0.3, 0.4) is 0 Å². The minimum atomic E-state index is -4.32. The predicted octanol–water partition coefficient (Wildman–Crippen LogP) is 21.6. The highest BCUT2D eigenvalue weighted by Crippen LogP contribution is 2.43. The summed E-state index contributed by atoms with van der Waals surface area (Å²) < 4.78 is 23.9. The lowest BCUT2D eigenvalue weighted by atomic mass is 10.0. The van der Waals surface area contributed by atoms with E-state index in [0.717, 1.165) is 38.5 Å². The first kappa shape index (κ1) is 75.5. The largest absolute Gasteiger partial charge is 0.472 e. The first-order chi connectivity index (χ1) is 37.0. The van der Waals surface area contributed by atoms with Crippen LogP contribution in [-0.2, 0) is 18.4 Å². The fraction of sp³-hybridized carbons (Fsp3) is 0.985. The third-order valence-corrected chi connectivity index (χ3v) is 17.3. The number of likely N-dealkylation sites (N-methyl/N-ethyl adjacent to an activating group) is 1. The highest BCUT2D eigenvalue weighted by atomic mass is 31.2. The van der Waals surface area contributed by atoms with Crippen LogP contribution < -0.4 is 5.32 Å². The molecule has 456 valence electrons. The SMILES string of the molecule is CCCCCCCCCCCCCCCCCCCCCCCCCCCCCCCCC(O)C(COP(=O)(O)OCC[N+](C)(C)C)NC(=O)CCCCCCCCCCCCCCCCCCCCCCCCCC. The lowest BCUT2D eigenvalue weighted by Gasteiger charge is -2.26. The van der Waals surface area contributed by atoms with E-state index in [1.54, 1.807) is 0 Å². The molecule has 0 heterocycles. The summed E-state index contributed by atoms with van der Waals surface area (Å²) >= 11 is 0. The Hall–Kier alpha value is -0.500. The molecule has 0 aromatic carbocycles. The van der Waals surface area contributed by atoms with Gasteiger partial charge in [0, 0.05) is 6.42 Å². The third kappa shape index (κ3) is 61.1. The van der Waals surface area contributed by atoms with Crippen LogP contribution in [0.4, 0.5) is 0 Å². The maximum Gasteiger partial charge on any atom is 0.472 e. The maximum absolute atomic E-state index is 13.1. The van der Waals surface area contributed by atoms with E-state index in [1.165, 1.54) is 308 Å². The number of aliphatic hydroxyl groups is 1. The Morgan fingerprint density at radius 2 is 0.632 bits per heavy atom. The molecule has 0 aliphatic carbocycles. The highest BCUT2D eigenvalue weighted by molar-refractivity contribution is 7.47. The molecule has 0 radical (unpaired) electrons. The number of phosphoric acid groups is 1. The molecular weight excluding hydrogens is 960 g/mol. The first-order valence-electron chi connectivity index (χ1n) is 34.4. The van der Waals surface area contributed by atoms with Crippen molar-refractivity contribution >= 4 is 13.7 Å². The summed E-state index contributed by atoms with van der Waals surface area (Å²) in [5.41, 5.74) is 0. The number of unbranched alkanes of at least 4 members (excludes halogenated alkanes) is 52. The average molecular weight is 1100 g/mol. The fourth-order valence-corrected chi connectivity index (χ4v) is 11.7. The van der Waals surface area contributed by atoms with Gasteiger partial charge < -0.3 is 19.8 Å². The first-order valence-corrected chi connectivity index (χ1v) is 35.9. The summed E-state index contributed by atoms with van der Waals surface area (Å²) in [6.07, 6.45) is 73.4. The Bertz CT molecular complexity index is 1200. The summed E-state index contributed by atoms with van der Waals surface area (Å²) in [5, 5.41) is 14.1. The van der Waals surface area contributed by atoms with E-state index in [0.29, 0.717) is 23.9 Å². The van der Waals surface area contributed by atoms with Crippen LogP contribution in [-0.4, -0.2) is 73.4 Å². The monoisotopic (exact) mass is 1100 g/mol. The van der Waals surface area contributed by atoms with Crippen LogP contribution in [0.2, 0.25) is 0 Å². The number of carbonyl (C=O) groups is 1. The van der Waals surface area contributed by atoms with Gasteiger partial charge in [-0.3, -0.25) is 13.8 Å². The van der Waals surface area contributed by atoms with Gasteiger partial charge in [-0.2, -0.15) is 0 Å². The summed E-state index contributed by atoms with van der Waals surface area (Å²) in [6, 6.07) is -0.756. The standard InChI is InChI=1S/C67H137N2O6P/c1-6-8-10-12-14-16-18-20-22-24-26-28-30-32-33-34-35-36-37-38-40-42-44-46-48-50-52-54-56-58-60-66(70)65(64-75-76(72,73)74-63-62-69(3,4)5)68-67(71)61-59-57-55-53-51-49-47-45-43-41-39-31-29-27-25-23-21-19-17-15-13-11-9-7-2/h65-66,70H,6-64H2,1-5H3,(H-,68,71,72,73)/p+1. The molecule has 0 bridgehead atoms. The smallest absolute Gasteiger partial charge is 0.391 e. The molecule has 8 nitrogen and oxygen atoms in total. The molecule has 1 amide bonds. The van der Waals surface area contributed by atoms with E-state index in [2.05, 4.69) is 19.2 Å².